The first-order chi connectivity index (χ1) is 17.2. The second-order valence-electron chi connectivity index (χ2n) is 8.83. The third-order valence-corrected chi connectivity index (χ3v) is 6.30. The van der Waals surface area contributed by atoms with Gasteiger partial charge in [-0.25, -0.2) is 4.68 Å². The molecular formula is C29H29N5O. The minimum absolute atomic E-state index is 0.0730. The molecule has 0 spiro atoms. The summed E-state index contributed by atoms with van der Waals surface area (Å²) < 4.78 is 1.84. The first kappa shape index (κ1) is 22.7. The van der Waals surface area contributed by atoms with E-state index in [2.05, 4.69) is 39.5 Å². The zero-order chi connectivity index (χ0) is 23.9. The summed E-state index contributed by atoms with van der Waals surface area (Å²) in [7, 11) is 0. The topological polar surface area (TPSA) is 63.1 Å². The van der Waals surface area contributed by atoms with E-state index in [-0.39, 0.29) is 11.9 Å². The molecule has 0 saturated carbocycles. The number of likely N-dealkylation sites (tertiary alicyclic amines) is 1. The molecule has 1 amide bonds. The SMILES string of the molecule is O=C(/C=C/c1cn(-c2ccccc2)nc1-c1cccnc1)NC1CCN(Cc2ccccc2)CC1. The van der Waals surface area contributed by atoms with Crippen molar-refractivity contribution in [1.82, 2.24) is 25.0 Å². The Morgan fingerprint density at radius 2 is 1.71 bits per heavy atom. The Labute approximate surface area is 205 Å². The number of hydrogen-bond acceptors (Lipinski definition) is 4. The molecule has 0 unspecified atom stereocenters. The monoisotopic (exact) mass is 463 g/mol. The summed E-state index contributed by atoms with van der Waals surface area (Å²) >= 11 is 0. The van der Waals surface area contributed by atoms with Crippen LogP contribution in [-0.4, -0.2) is 44.7 Å². The predicted octanol–water partition coefficient (Wildman–Crippen LogP) is 4.73. The molecule has 0 aliphatic carbocycles. The molecule has 5 rings (SSSR count). The molecule has 2 aromatic carbocycles. The lowest BCUT2D eigenvalue weighted by molar-refractivity contribution is -0.117. The van der Waals surface area contributed by atoms with Crippen LogP contribution in [0.4, 0.5) is 0 Å². The Bertz CT molecular complexity index is 1260. The standard InChI is InChI=1S/C29H29N5O/c35-28(31-26-15-18-33(19-16-26)21-23-8-3-1-4-9-23)14-13-25-22-34(27-11-5-2-6-12-27)32-29(25)24-10-7-17-30-20-24/h1-14,17,20,22,26H,15-16,18-19,21H2,(H,31,35)/b14-13+. The van der Waals surface area contributed by atoms with Crippen molar-refractivity contribution >= 4 is 12.0 Å². The second-order valence-corrected chi connectivity index (χ2v) is 8.83. The Balaban J connectivity index is 1.23. The van der Waals surface area contributed by atoms with Gasteiger partial charge in [-0.2, -0.15) is 5.10 Å². The maximum atomic E-state index is 12.7. The van der Waals surface area contributed by atoms with E-state index in [0.29, 0.717) is 0 Å². The smallest absolute Gasteiger partial charge is 0.244 e. The van der Waals surface area contributed by atoms with Crippen LogP contribution in [0.2, 0.25) is 0 Å². The Morgan fingerprint density at radius 3 is 2.43 bits per heavy atom. The van der Waals surface area contributed by atoms with Gasteiger partial charge < -0.3 is 5.32 Å². The van der Waals surface area contributed by atoms with Crippen molar-refractivity contribution in [2.75, 3.05) is 13.1 Å². The number of aromatic nitrogens is 3. The highest BCUT2D eigenvalue weighted by molar-refractivity contribution is 5.93. The van der Waals surface area contributed by atoms with Crippen LogP contribution in [0.15, 0.2) is 97.5 Å². The number of carbonyl (C=O) groups is 1. The lowest BCUT2D eigenvalue weighted by Gasteiger charge is -2.32. The van der Waals surface area contributed by atoms with Gasteiger partial charge in [0.15, 0.2) is 0 Å². The van der Waals surface area contributed by atoms with Gasteiger partial charge in [-0.05, 0) is 48.7 Å². The molecule has 176 valence electrons. The summed E-state index contributed by atoms with van der Waals surface area (Å²) in [5, 5.41) is 7.95. The zero-order valence-corrected chi connectivity index (χ0v) is 19.6. The van der Waals surface area contributed by atoms with E-state index in [9.17, 15) is 4.79 Å². The maximum Gasteiger partial charge on any atom is 0.244 e. The van der Waals surface area contributed by atoms with Crippen LogP contribution < -0.4 is 5.32 Å². The molecule has 35 heavy (non-hydrogen) atoms. The van der Waals surface area contributed by atoms with Crippen LogP contribution >= 0.6 is 0 Å². The van der Waals surface area contributed by atoms with Crippen LogP contribution in [0, 0.1) is 0 Å². The number of piperidine rings is 1. The van der Waals surface area contributed by atoms with E-state index in [1.165, 1.54) is 5.56 Å². The average molecular weight is 464 g/mol. The van der Waals surface area contributed by atoms with Gasteiger partial charge in [-0.3, -0.25) is 14.7 Å². The molecule has 2 aromatic heterocycles. The number of pyridine rings is 1. The van der Waals surface area contributed by atoms with Crippen molar-refractivity contribution in [2.24, 2.45) is 0 Å². The second kappa shape index (κ2) is 10.9. The largest absolute Gasteiger partial charge is 0.350 e. The quantitative estimate of drug-likeness (QED) is 0.403. The summed E-state index contributed by atoms with van der Waals surface area (Å²) in [6.07, 6.45) is 10.9. The number of para-hydroxylation sites is 1. The van der Waals surface area contributed by atoms with E-state index in [4.69, 9.17) is 5.10 Å². The van der Waals surface area contributed by atoms with Crippen molar-refractivity contribution in [3.8, 4) is 16.9 Å². The van der Waals surface area contributed by atoms with Crippen LogP contribution in [0.3, 0.4) is 0 Å². The van der Waals surface area contributed by atoms with Gasteiger partial charge in [0.25, 0.3) is 0 Å². The summed E-state index contributed by atoms with van der Waals surface area (Å²) in [5.41, 5.74) is 4.87. The summed E-state index contributed by atoms with van der Waals surface area (Å²) in [6.45, 7) is 2.93. The lowest BCUT2D eigenvalue weighted by Crippen LogP contribution is -2.43. The molecule has 1 N–H and O–H groups in total. The summed E-state index contributed by atoms with van der Waals surface area (Å²) in [5.74, 6) is -0.0730. The minimum Gasteiger partial charge on any atom is -0.350 e. The molecule has 1 aliphatic heterocycles. The van der Waals surface area contributed by atoms with Crippen LogP contribution in [0.25, 0.3) is 23.0 Å². The molecular weight excluding hydrogens is 434 g/mol. The number of amides is 1. The Hall–Kier alpha value is -4.03. The molecule has 0 atom stereocenters. The fraction of sp³-hybridized carbons (Fsp3) is 0.207. The normalized spacial score (nSPS) is 14.9. The molecule has 6 heteroatoms. The third-order valence-electron chi connectivity index (χ3n) is 6.30. The maximum absolute atomic E-state index is 12.7. The average Bonchev–Trinajstić information content (AvgIpc) is 3.35. The van der Waals surface area contributed by atoms with Crippen molar-refractivity contribution in [3.05, 3.63) is 109 Å². The van der Waals surface area contributed by atoms with E-state index >= 15 is 0 Å². The van der Waals surface area contributed by atoms with E-state index in [1.807, 2.05) is 65.5 Å². The third kappa shape index (κ3) is 5.91. The number of nitrogens with zero attached hydrogens (tertiary/aromatic N) is 4. The number of benzene rings is 2. The molecule has 0 radical (unpaired) electrons. The molecule has 3 heterocycles. The van der Waals surface area contributed by atoms with E-state index in [0.717, 1.165) is 55.0 Å². The first-order valence-electron chi connectivity index (χ1n) is 12.0. The lowest BCUT2D eigenvalue weighted by atomic mass is 10.0. The van der Waals surface area contributed by atoms with Crippen molar-refractivity contribution in [1.29, 1.82) is 0 Å². The van der Waals surface area contributed by atoms with Gasteiger partial charge >= 0.3 is 0 Å². The fourth-order valence-electron chi connectivity index (χ4n) is 4.44. The number of nitrogens with one attached hydrogen (secondary N) is 1. The van der Waals surface area contributed by atoms with Gasteiger partial charge in [0, 0.05) is 61.5 Å². The fourth-order valence-corrected chi connectivity index (χ4v) is 4.44. The van der Waals surface area contributed by atoms with E-state index < -0.39 is 0 Å². The highest BCUT2D eigenvalue weighted by Crippen LogP contribution is 2.24. The Morgan fingerprint density at radius 1 is 0.971 bits per heavy atom. The molecule has 4 aromatic rings. The molecule has 6 nitrogen and oxygen atoms in total. The molecule has 1 aliphatic rings. The minimum atomic E-state index is -0.0730. The predicted molar refractivity (Wildman–Crippen MR) is 139 cm³/mol. The highest BCUT2D eigenvalue weighted by atomic mass is 16.1. The van der Waals surface area contributed by atoms with Crippen LogP contribution in [0.1, 0.15) is 24.0 Å². The first-order valence-corrected chi connectivity index (χ1v) is 12.0. The summed E-state index contributed by atoms with van der Waals surface area (Å²) in [6, 6.07) is 24.6. The van der Waals surface area contributed by atoms with Gasteiger partial charge in [-0.1, -0.05) is 48.5 Å². The molecule has 0 bridgehead atoms. The number of carbonyl (C=O) groups excluding carboxylic acids is 1. The van der Waals surface area contributed by atoms with Crippen LogP contribution in [-0.2, 0) is 11.3 Å². The summed E-state index contributed by atoms with van der Waals surface area (Å²) in [4.78, 5) is 19.4. The van der Waals surface area contributed by atoms with Gasteiger partial charge in [0.05, 0.1) is 5.69 Å². The molecule has 1 fully saturated rings. The van der Waals surface area contributed by atoms with Crippen molar-refractivity contribution in [3.63, 3.8) is 0 Å². The highest BCUT2D eigenvalue weighted by Gasteiger charge is 2.20. The zero-order valence-electron chi connectivity index (χ0n) is 19.6. The van der Waals surface area contributed by atoms with Gasteiger partial charge in [0.2, 0.25) is 5.91 Å². The number of hydrogen-bond donors (Lipinski definition) is 1. The molecule has 1 saturated heterocycles. The van der Waals surface area contributed by atoms with Crippen molar-refractivity contribution in [2.45, 2.75) is 25.4 Å². The van der Waals surface area contributed by atoms with Gasteiger partial charge in [-0.15, -0.1) is 0 Å². The Kier molecular flexibility index (Phi) is 7.10. The van der Waals surface area contributed by atoms with Crippen molar-refractivity contribution < 1.29 is 4.79 Å². The van der Waals surface area contributed by atoms with E-state index in [1.54, 1.807) is 18.5 Å². The van der Waals surface area contributed by atoms with Gasteiger partial charge in [0.1, 0.15) is 5.69 Å². The number of rotatable bonds is 7. The van der Waals surface area contributed by atoms with Crippen LogP contribution in [0.5, 0.6) is 0 Å².